The number of carbonyl (C=O) groups excluding carboxylic acids is 2. The molecule has 1 atom stereocenters. The molecule has 0 spiro atoms. The lowest BCUT2D eigenvalue weighted by Gasteiger charge is -2.17. The van der Waals surface area contributed by atoms with Gasteiger partial charge in [-0.1, -0.05) is 84.6 Å². The summed E-state index contributed by atoms with van der Waals surface area (Å²) in [7, 11) is 0. The van der Waals surface area contributed by atoms with Gasteiger partial charge < -0.3 is 10.4 Å². The van der Waals surface area contributed by atoms with Gasteiger partial charge in [0.1, 0.15) is 0 Å². The molecule has 0 bridgehead atoms. The molecule has 152 valence electrons. The number of hydrogen-bond acceptors (Lipinski definition) is 4. The van der Waals surface area contributed by atoms with E-state index in [2.05, 4.69) is 5.32 Å². The number of carbonyl (C=O) groups is 3. The molecule has 0 aromatic heterocycles. The number of carboxylic acid groups (broad SMARTS) is 1. The summed E-state index contributed by atoms with van der Waals surface area (Å²) >= 11 is 1.09. The van der Waals surface area contributed by atoms with Crippen molar-refractivity contribution in [3.63, 3.8) is 0 Å². The largest absolute Gasteiger partial charge is 0.478 e. The van der Waals surface area contributed by atoms with Crippen molar-refractivity contribution in [2.75, 3.05) is 11.1 Å². The SMILES string of the molecule is O=C(SCC(Cc1ccccc1)C(=O)Nc1ccccc1C(=O)O)c1ccccc1. The van der Waals surface area contributed by atoms with Crippen molar-refractivity contribution >= 4 is 34.4 Å². The van der Waals surface area contributed by atoms with Crippen LogP contribution in [0.3, 0.4) is 0 Å². The van der Waals surface area contributed by atoms with Crippen LogP contribution in [0.4, 0.5) is 5.69 Å². The number of rotatable bonds is 8. The highest BCUT2D eigenvalue weighted by Gasteiger charge is 2.23. The van der Waals surface area contributed by atoms with E-state index in [-0.39, 0.29) is 28.0 Å². The van der Waals surface area contributed by atoms with Crippen molar-refractivity contribution < 1.29 is 19.5 Å². The van der Waals surface area contributed by atoms with E-state index in [4.69, 9.17) is 0 Å². The first-order valence-corrected chi connectivity index (χ1v) is 10.4. The number of para-hydroxylation sites is 1. The molecule has 0 aliphatic carbocycles. The smallest absolute Gasteiger partial charge is 0.337 e. The second kappa shape index (κ2) is 10.4. The lowest BCUT2D eigenvalue weighted by Crippen LogP contribution is -2.28. The molecule has 1 unspecified atom stereocenters. The molecular formula is C24H21NO4S. The lowest BCUT2D eigenvalue weighted by atomic mass is 10.00. The van der Waals surface area contributed by atoms with Crippen LogP contribution in [0.15, 0.2) is 84.9 Å². The summed E-state index contributed by atoms with van der Waals surface area (Å²) in [6.45, 7) is 0. The molecule has 0 heterocycles. The van der Waals surface area contributed by atoms with Crippen LogP contribution in [0.5, 0.6) is 0 Å². The minimum Gasteiger partial charge on any atom is -0.478 e. The molecule has 5 nitrogen and oxygen atoms in total. The predicted octanol–water partition coefficient (Wildman–Crippen LogP) is 4.76. The Kier molecular flexibility index (Phi) is 7.40. The third-order valence-electron chi connectivity index (χ3n) is 4.54. The monoisotopic (exact) mass is 419 g/mol. The van der Waals surface area contributed by atoms with E-state index in [1.807, 2.05) is 36.4 Å². The van der Waals surface area contributed by atoms with Crippen molar-refractivity contribution in [1.29, 1.82) is 0 Å². The molecule has 3 aromatic carbocycles. The Hall–Kier alpha value is -3.38. The van der Waals surface area contributed by atoms with Gasteiger partial charge in [-0.15, -0.1) is 0 Å². The fourth-order valence-electron chi connectivity index (χ4n) is 2.97. The van der Waals surface area contributed by atoms with Gasteiger partial charge in [0.05, 0.1) is 17.2 Å². The van der Waals surface area contributed by atoms with Crippen molar-refractivity contribution in [3.8, 4) is 0 Å². The average Bonchev–Trinajstić information content (AvgIpc) is 2.77. The quantitative estimate of drug-likeness (QED) is 0.550. The highest BCUT2D eigenvalue weighted by atomic mass is 32.2. The van der Waals surface area contributed by atoms with Gasteiger partial charge in [-0.3, -0.25) is 9.59 Å². The summed E-state index contributed by atoms with van der Waals surface area (Å²) in [5.74, 6) is -1.66. The molecule has 1 amide bonds. The Morgan fingerprint density at radius 2 is 1.43 bits per heavy atom. The van der Waals surface area contributed by atoms with Crippen LogP contribution in [0.25, 0.3) is 0 Å². The zero-order valence-electron chi connectivity index (χ0n) is 16.2. The maximum absolute atomic E-state index is 13.0. The zero-order chi connectivity index (χ0) is 21.3. The van der Waals surface area contributed by atoms with Gasteiger partial charge >= 0.3 is 5.97 Å². The lowest BCUT2D eigenvalue weighted by molar-refractivity contribution is -0.119. The first-order chi connectivity index (χ1) is 14.5. The van der Waals surface area contributed by atoms with Gasteiger partial charge in [0, 0.05) is 11.3 Å². The fourth-order valence-corrected chi connectivity index (χ4v) is 3.90. The van der Waals surface area contributed by atoms with E-state index in [0.29, 0.717) is 12.0 Å². The highest BCUT2D eigenvalue weighted by Crippen LogP contribution is 2.22. The van der Waals surface area contributed by atoms with Crippen LogP contribution >= 0.6 is 11.8 Å². The molecule has 2 N–H and O–H groups in total. The maximum Gasteiger partial charge on any atom is 0.337 e. The first kappa shape index (κ1) is 21.3. The first-order valence-electron chi connectivity index (χ1n) is 9.44. The van der Waals surface area contributed by atoms with E-state index in [1.54, 1.807) is 42.5 Å². The number of nitrogens with one attached hydrogen (secondary N) is 1. The summed E-state index contributed by atoms with van der Waals surface area (Å²) in [5.41, 5.74) is 1.82. The van der Waals surface area contributed by atoms with Gasteiger partial charge in [-0.2, -0.15) is 0 Å². The Balaban J connectivity index is 1.76. The second-order valence-electron chi connectivity index (χ2n) is 6.69. The molecule has 3 rings (SSSR count). The molecule has 0 saturated carbocycles. The van der Waals surface area contributed by atoms with Gasteiger partial charge in [0.25, 0.3) is 0 Å². The highest BCUT2D eigenvalue weighted by molar-refractivity contribution is 8.14. The minimum absolute atomic E-state index is 0.0253. The number of hydrogen-bond donors (Lipinski definition) is 2. The van der Waals surface area contributed by atoms with Crippen molar-refractivity contribution in [2.24, 2.45) is 5.92 Å². The Morgan fingerprint density at radius 3 is 2.10 bits per heavy atom. The number of anilines is 1. The number of carboxylic acids is 1. The minimum atomic E-state index is -1.11. The van der Waals surface area contributed by atoms with E-state index in [9.17, 15) is 19.5 Å². The van der Waals surface area contributed by atoms with Gasteiger partial charge in [-0.05, 0) is 24.1 Å². The van der Waals surface area contributed by atoms with Gasteiger partial charge in [0.15, 0.2) is 0 Å². The van der Waals surface area contributed by atoms with Crippen LogP contribution in [0.2, 0.25) is 0 Å². The van der Waals surface area contributed by atoms with Crippen molar-refractivity contribution in [1.82, 2.24) is 0 Å². The molecule has 0 radical (unpaired) electrons. The summed E-state index contributed by atoms with van der Waals surface area (Å²) in [6.07, 6.45) is 0.441. The molecule has 6 heteroatoms. The van der Waals surface area contributed by atoms with E-state index in [1.165, 1.54) is 6.07 Å². The molecule has 0 saturated heterocycles. The summed E-state index contributed by atoms with van der Waals surface area (Å²) < 4.78 is 0. The third-order valence-corrected chi connectivity index (χ3v) is 5.60. The second-order valence-corrected chi connectivity index (χ2v) is 7.68. The summed E-state index contributed by atoms with van der Waals surface area (Å²) in [5, 5.41) is 12.0. The van der Waals surface area contributed by atoms with Crippen molar-refractivity contribution in [2.45, 2.75) is 6.42 Å². The molecule has 30 heavy (non-hydrogen) atoms. The normalized spacial score (nSPS) is 11.5. The van der Waals surface area contributed by atoms with Crippen LogP contribution in [0.1, 0.15) is 26.3 Å². The number of amides is 1. The number of aromatic carboxylic acids is 1. The maximum atomic E-state index is 13.0. The topological polar surface area (TPSA) is 83.5 Å². The summed E-state index contributed by atoms with van der Waals surface area (Å²) in [6, 6.07) is 24.7. The third kappa shape index (κ3) is 5.81. The summed E-state index contributed by atoms with van der Waals surface area (Å²) in [4.78, 5) is 36.9. The fraction of sp³-hybridized carbons (Fsp3) is 0.125. The molecule has 3 aromatic rings. The van der Waals surface area contributed by atoms with E-state index < -0.39 is 11.9 Å². The van der Waals surface area contributed by atoms with Crippen LogP contribution in [-0.4, -0.2) is 27.9 Å². The molecular weight excluding hydrogens is 398 g/mol. The number of benzene rings is 3. The molecule has 0 aliphatic heterocycles. The van der Waals surface area contributed by atoms with E-state index >= 15 is 0 Å². The zero-order valence-corrected chi connectivity index (χ0v) is 17.0. The Labute approximate surface area is 179 Å². The standard InChI is InChI=1S/C24H21NO4S/c26-22(25-21-14-8-7-13-20(21)23(27)28)19(15-17-9-3-1-4-10-17)16-30-24(29)18-11-5-2-6-12-18/h1-14,19H,15-16H2,(H,25,26)(H,27,28). The van der Waals surface area contributed by atoms with Gasteiger partial charge in [-0.25, -0.2) is 4.79 Å². The van der Waals surface area contributed by atoms with Crippen LogP contribution in [0, 0.1) is 5.92 Å². The average molecular weight is 420 g/mol. The number of thioether (sulfide) groups is 1. The van der Waals surface area contributed by atoms with Crippen molar-refractivity contribution in [3.05, 3.63) is 102 Å². The molecule has 0 aliphatic rings. The van der Waals surface area contributed by atoms with Crippen LogP contribution in [-0.2, 0) is 11.2 Å². The van der Waals surface area contributed by atoms with Crippen LogP contribution < -0.4 is 5.32 Å². The predicted molar refractivity (Wildman–Crippen MR) is 119 cm³/mol. The molecule has 0 fully saturated rings. The van der Waals surface area contributed by atoms with E-state index in [0.717, 1.165) is 17.3 Å². The van der Waals surface area contributed by atoms with Gasteiger partial charge in [0.2, 0.25) is 11.0 Å². The Bertz CT molecular complexity index is 1020. The Morgan fingerprint density at radius 1 is 0.833 bits per heavy atom.